The van der Waals surface area contributed by atoms with E-state index in [2.05, 4.69) is 5.32 Å². The molecule has 30 heavy (non-hydrogen) atoms. The Bertz CT molecular complexity index is 1040. The van der Waals surface area contributed by atoms with Gasteiger partial charge in [0.25, 0.3) is 5.91 Å². The summed E-state index contributed by atoms with van der Waals surface area (Å²) in [6.45, 7) is 4.30. The van der Waals surface area contributed by atoms with E-state index in [1.54, 1.807) is 26.0 Å². The molecule has 3 amide bonds. The summed E-state index contributed by atoms with van der Waals surface area (Å²) >= 11 is 0. The summed E-state index contributed by atoms with van der Waals surface area (Å²) in [4.78, 5) is 37.4. The van der Waals surface area contributed by atoms with Gasteiger partial charge in [0.05, 0.1) is 10.6 Å². The molecule has 1 heterocycles. The van der Waals surface area contributed by atoms with Crippen LogP contribution in [0.1, 0.15) is 37.0 Å². The molecule has 1 aliphatic rings. The van der Waals surface area contributed by atoms with E-state index < -0.39 is 10.0 Å². The number of nitrogens with one attached hydrogen (secondary N) is 1. The van der Waals surface area contributed by atoms with E-state index in [9.17, 15) is 22.8 Å². The second-order valence-corrected chi connectivity index (χ2v) is 8.68. The largest absolute Gasteiger partial charge is 0.322 e. The highest BCUT2D eigenvalue weighted by Crippen LogP contribution is 2.23. The van der Waals surface area contributed by atoms with Gasteiger partial charge < -0.3 is 5.32 Å². The highest BCUT2D eigenvalue weighted by atomic mass is 32.2. The smallest absolute Gasteiger partial charge is 0.255 e. The topological polar surface area (TPSA) is 104 Å². The number of anilines is 2. The SMILES string of the molecule is CCN(CC)S(=O)(=O)c1ccc(NC(=O)c2ccc(N3C(=O)CCC3=O)cc2)cc1. The lowest BCUT2D eigenvalue weighted by Gasteiger charge is -2.18. The molecule has 0 saturated carbocycles. The van der Waals surface area contributed by atoms with Gasteiger partial charge >= 0.3 is 0 Å². The summed E-state index contributed by atoms with van der Waals surface area (Å²) in [5, 5.41) is 2.71. The second-order valence-electron chi connectivity index (χ2n) is 6.74. The molecule has 3 rings (SSSR count). The van der Waals surface area contributed by atoms with E-state index in [0.29, 0.717) is 30.0 Å². The third kappa shape index (κ3) is 4.27. The Hall–Kier alpha value is -3.04. The Morgan fingerprint density at radius 1 is 0.933 bits per heavy atom. The molecule has 0 radical (unpaired) electrons. The van der Waals surface area contributed by atoms with Crippen molar-refractivity contribution < 1.29 is 22.8 Å². The number of rotatable bonds is 7. The van der Waals surface area contributed by atoms with Crippen molar-refractivity contribution in [2.75, 3.05) is 23.3 Å². The zero-order valence-corrected chi connectivity index (χ0v) is 17.6. The molecule has 2 aromatic carbocycles. The number of nitrogens with zero attached hydrogens (tertiary/aromatic N) is 2. The van der Waals surface area contributed by atoms with Crippen molar-refractivity contribution in [3.8, 4) is 0 Å². The van der Waals surface area contributed by atoms with Crippen LogP contribution < -0.4 is 10.2 Å². The molecule has 0 aliphatic carbocycles. The Kier molecular flexibility index (Phi) is 6.33. The number of amides is 3. The molecule has 8 nitrogen and oxygen atoms in total. The van der Waals surface area contributed by atoms with Gasteiger partial charge in [-0.2, -0.15) is 4.31 Å². The molecular formula is C21H23N3O5S. The first kappa shape index (κ1) is 21.7. The van der Waals surface area contributed by atoms with Crippen LogP contribution in [0.15, 0.2) is 53.4 Å². The molecule has 158 valence electrons. The normalized spacial score (nSPS) is 14.4. The van der Waals surface area contributed by atoms with E-state index in [4.69, 9.17) is 0 Å². The minimum Gasteiger partial charge on any atom is -0.322 e. The van der Waals surface area contributed by atoms with Crippen LogP contribution in [0, 0.1) is 0 Å². The molecule has 0 unspecified atom stereocenters. The molecule has 1 aliphatic heterocycles. The molecule has 1 N–H and O–H groups in total. The summed E-state index contributed by atoms with van der Waals surface area (Å²) in [6, 6.07) is 12.1. The van der Waals surface area contributed by atoms with Crippen LogP contribution in [0.2, 0.25) is 0 Å². The Morgan fingerprint density at radius 2 is 1.47 bits per heavy atom. The maximum Gasteiger partial charge on any atom is 0.255 e. The van der Waals surface area contributed by atoms with Gasteiger partial charge in [-0.15, -0.1) is 0 Å². The minimum absolute atomic E-state index is 0.161. The van der Waals surface area contributed by atoms with Crippen molar-refractivity contribution in [3.63, 3.8) is 0 Å². The lowest BCUT2D eigenvalue weighted by molar-refractivity contribution is -0.121. The quantitative estimate of drug-likeness (QED) is 0.682. The van der Waals surface area contributed by atoms with Crippen LogP contribution in [-0.4, -0.2) is 43.5 Å². The first-order valence-corrected chi connectivity index (χ1v) is 11.1. The summed E-state index contributed by atoms with van der Waals surface area (Å²) in [7, 11) is -3.56. The minimum atomic E-state index is -3.56. The van der Waals surface area contributed by atoms with Gasteiger partial charge in [0.1, 0.15) is 0 Å². The van der Waals surface area contributed by atoms with Crippen LogP contribution in [-0.2, 0) is 19.6 Å². The summed E-state index contributed by atoms with van der Waals surface area (Å²) in [5.41, 5.74) is 1.23. The van der Waals surface area contributed by atoms with Crippen LogP contribution in [0.25, 0.3) is 0 Å². The van der Waals surface area contributed by atoms with Gasteiger partial charge in [-0.3, -0.25) is 19.3 Å². The number of imide groups is 1. The van der Waals surface area contributed by atoms with E-state index in [1.165, 1.54) is 40.7 Å². The molecule has 0 aromatic heterocycles. The third-order valence-electron chi connectivity index (χ3n) is 4.89. The third-order valence-corrected chi connectivity index (χ3v) is 6.96. The molecule has 1 saturated heterocycles. The highest BCUT2D eigenvalue weighted by molar-refractivity contribution is 7.89. The number of carbonyl (C=O) groups excluding carboxylic acids is 3. The maximum absolute atomic E-state index is 12.5. The lowest BCUT2D eigenvalue weighted by atomic mass is 10.1. The van der Waals surface area contributed by atoms with Gasteiger partial charge in [0.2, 0.25) is 21.8 Å². The fourth-order valence-electron chi connectivity index (χ4n) is 3.25. The maximum atomic E-state index is 12.5. The van der Waals surface area contributed by atoms with Crippen LogP contribution in [0.3, 0.4) is 0 Å². The molecule has 9 heteroatoms. The number of carbonyl (C=O) groups is 3. The number of benzene rings is 2. The lowest BCUT2D eigenvalue weighted by Crippen LogP contribution is -2.30. The average Bonchev–Trinajstić information content (AvgIpc) is 3.07. The Balaban J connectivity index is 1.70. The van der Waals surface area contributed by atoms with E-state index >= 15 is 0 Å². The molecule has 0 atom stereocenters. The number of hydrogen-bond acceptors (Lipinski definition) is 5. The average molecular weight is 429 g/mol. The van der Waals surface area contributed by atoms with Crippen LogP contribution >= 0.6 is 0 Å². The van der Waals surface area contributed by atoms with Crippen molar-refractivity contribution in [1.82, 2.24) is 4.31 Å². The zero-order chi connectivity index (χ0) is 21.9. The Morgan fingerprint density at radius 3 is 1.97 bits per heavy atom. The molecule has 0 spiro atoms. The standard InChI is InChI=1S/C21H23N3O5S/c1-3-23(4-2)30(28,29)18-11-7-16(8-12-18)22-21(27)15-5-9-17(10-6-15)24-19(25)13-14-20(24)26/h5-12H,3-4,13-14H2,1-2H3,(H,22,27). The van der Waals surface area contributed by atoms with Crippen LogP contribution in [0.5, 0.6) is 0 Å². The molecule has 0 bridgehead atoms. The van der Waals surface area contributed by atoms with E-state index in [-0.39, 0.29) is 35.5 Å². The fraction of sp³-hybridized carbons (Fsp3) is 0.286. The van der Waals surface area contributed by atoms with Crippen molar-refractivity contribution in [2.24, 2.45) is 0 Å². The molecular weight excluding hydrogens is 406 g/mol. The summed E-state index contributed by atoms with van der Waals surface area (Å²) < 4.78 is 26.4. The number of hydrogen-bond donors (Lipinski definition) is 1. The summed E-state index contributed by atoms with van der Waals surface area (Å²) in [6.07, 6.45) is 0.391. The summed E-state index contributed by atoms with van der Waals surface area (Å²) in [5.74, 6) is -0.895. The van der Waals surface area contributed by atoms with Gasteiger partial charge in [0, 0.05) is 37.2 Å². The van der Waals surface area contributed by atoms with Crippen molar-refractivity contribution in [3.05, 3.63) is 54.1 Å². The molecule has 2 aromatic rings. The van der Waals surface area contributed by atoms with E-state index in [1.807, 2.05) is 0 Å². The Labute approximate surface area is 175 Å². The fourth-order valence-corrected chi connectivity index (χ4v) is 4.71. The van der Waals surface area contributed by atoms with Gasteiger partial charge in [-0.25, -0.2) is 8.42 Å². The second kappa shape index (κ2) is 8.76. The van der Waals surface area contributed by atoms with Crippen molar-refractivity contribution in [2.45, 2.75) is 31.6 Å². The van der Waals surface area contributed by atoms with Crippen LogP contribution in [0.4, 0.5) is 11.4 Å². The highest BCUT2D eigenvalue weighted by Gasteiger charge is 2.30. The predicted molar refractivity (Wildman–Crippen MR) is 113 cm³/mol. The van der Waals surface area contributed by atoms with E-state index in [0.717, 1.165) is 4.90 Å². The van der Waals surface area contributed by atoms with Crippen molar-refractivity contribution in [1.29, 1.82) is 0 Å². The monoisotopic (exact) mass is 429 g/mol. The first-order chi connectivity index (χ1) is 14.3. The predicted octanol–water partition coefficient (Wildman–Crippen LogP) is 2.62. The number of sulfonamides is 1. The van der Waals surface area contributed by atoms with Gasteiger partial charge in [-0.1, -0.05) is 13.8 Å². The first-order valence-electron chi connectivity index (χ1n) is 9.65. The van der Waals surface area contributed by atoms with Crippen molar-refractivity contribution >= 4 is 39.1 Å². The molecule has 1 fully saturated rings. The van der Waals surface area contributed by atoms with Gasteiger partial charge in [-0.05, 0) is 48.5 Å². The zero-order valence-electron chi connectivity index (χ0n) is 16.8. The van der Waals surface area contributed by atoms with Gasteiger partial charge in [0.15, 0.2) is 0 Å².